The Bertz CT molecular complexity index is 818. The SMILES string of the molecule is Cc1noc(-c2cccnc2NCCc2csc(C(C)(C)C)n2)n1. The minimum Gasteiger partial charge on any atom is -0.369 e. The zero-order valence-corrected chi connectivity index (χ0v) is 15.1. The van der Waals surface area contributed by atoms with Crippen LogP contribution in [0.25, 0.3) is 11.5 Å². The van der Waals surface area contributed by atoms with Gasteiger partial charge in [-0.15, -0.1) is 11.3 Å². The number of hydrogen-bond acceptors (Lipinski definition) is 7. The molecule has 3 aromatic rings. The van der Waals surface area contributed by atoms with E-state index in [4.69, 9.17) is 9.51 Å². The van der Waals surface area contributed by atoms with Crippen molar-refractivity contribution in [2.24, 2.45) is 0 Å². The highest BCUT2D eigenvalue weighted by Crippen LogP contribution is 2.26. The predicted octanol–water partition coefficient (Wildman–Crippen LogP) is 3.85. The number of thiazole rings is 1. The van der Waals surface area contributed by atoms with E-state index in [1.165, 1.54) is 0 Å². The summed E-state index contributed by atoms with van der Waals surface area (Å²) in [6.45, 7) is 9.08. The molecule has 0 atom stereocenters. The topological polar surface area (TPSA) is 76.7 Å². The van der Waals surface area contributed by atoms with Gasteiger partial charge in [-0.1, -0.05) is 25.9 Å². The first-order valence-corrected chi connectivity index (χ1v) is 8.76. The Morgan fingerprint density at radius 2 is 2.08 bits per heavy atom. The van der Waals surface area contributed by atoms with Crippen LogP contribution in [-0.2, 0) is 11.8 Å². The summed E-state index contributed by atoms with van der Waals surface area (Å²) in [6.07, 6.45) is 2.58. The zero-order valence-electron chi connectivity index (χ0n) is 14.3. The molecule has 7 heteroatoms. The van der Waals surface area contributed by atoms with Crippen molar-refractivity contribution in [1.29, 1.82) is 0 Å². The van der Waals surface area contributed by atoms with Crippen molar-refractivity contribution >= 4 is 17.2 Å². The lowest BCUT2D eigenvalue weighted by Gasteiger charge is -2.13. The summed E-state index contributed by atoms with van der Waals surface area (Å²) in [7, 11) is 0. The highest BCUT2D eigenvalue weighted by Gasteiger charge is 2.18. The van der Waals surface area contributed by atoms with Gasteiger partial charge in [-0.2, -0.15) is 4.98 Å². The van der Waals surface area contributed by atoms with Crippen LogP contribution in [0, 0.1) is 6.92 Å². The van der Waals surface area contributed by atoms with Gasteiger partial charge in [0.25, 0.3) is 5.89 Å². The van der Waals surface area contributed by atoms with Crippen LogP contribution in [0.3, 0.4) is 0 Å². The maximum atomic E-state index is 5.24. The Hall–Kier alpha value is -2.28. The minimum absolute atomic E-state index is 0.0975. The molecule has 0 amide bonds. The predicted molar refractivity (Wildman–Crippen MR) is 95.3 cm³/mol. The molecule has 24 heavy (non-hydrogen) atoms. The number of nitrogens with one attached hydrogen (secondary N) is 1. The van der Waals surface area contributed by atoms with Crippen LogP contribution < -0.4 is 5.32 Å². The van der Waals surface area contributed by atoms with Crippen molar-refractivity contribution in [2.45, 2.75) is 39.5 Å². The van der Waals surface area contributed by atoms with Crippen LogP contribution in [0.1, 0.15) is 37.3 Å². The van der Waals surface area contributed by atoms with Gasteiger partial charge in [-0.05, 0) is 19.1 Å². The molecule has 3 heterocycles. The molecule has 0 saturated heterocycles. The molecule has 0 aromatic carbocycles. The van der Waals surface area contributed by atoms with Crippen LogP contribution in [0.2, 0.25) is 0 Å². The molecule has 0 radical (unpaired) electrons. The van der Waals surface area contributed by atoms with Gasteiger partial charge in [0.15, 0.2) is 5.82 Å². The largest absolute Gasteiger partial charge is 0.369 e. The van der Waals surface area contributed by atoms with E-state index in [1.807, 2.05) is 12.1 Å². The highest BCUT2D eigenvalue weighted by molar-refractivity contribution is 7.09. The second-order valence-corrected chi connectivity index (χ2v) is 7.48. The summed E-state index contributed by atoms with van der Waals surface area (Å²) in [5.74, 6) is 1.83. The number of pyridine rings is 1. The fourth-order valence-corrected chi connectivity index (χ4v) is 3.14. The van der Waals surface area contributed by atoms with Crippen LogP contribution in [0.5, 0.6) is 0 Å². The van der Waals surface area contributed by atoms with Crippen molar-refractivity contribution in [3.05, 3.63) is 40.2 Å². The molecule has 3 aromatic heterocycles. The molecule has 126 valence electrons. The quantitative estimate of drug-likeness (QED) is 0.758. The molecule has 1 N–H and O–H groups in total. The second kappa shape index (κ2) is 6.68. The molecule has 0 aliphatic rings. The minimum atomic E-state index is 0.0975. The van der Waals surface area contributed by atoms with E-state index in [1.54, 1.807) is 24.5 Å². The number of nitrogens with zero attached hydrogens (tertiary/aromatic N) is 4. The third-order valence-electron chi connectivity index (χ3n) is 3.43. The van der Waals surface area contributed by atoms with Gasteiger partial charge in [0, 0.05) is 30.0 Å². The monoisotopic (exact) mass is 343 g/mol. The van der Waals surface area contributed by atoms with E-state index in [-0.39, 0.29) is 5.41 Å². The molecule has 0 saturated carbocycles. The Balaban J connectivity index is 1.66. The molecular formula is C17H21N5OS. The molecule has 0 aliphatic heterocycles. The van der Waals surface area contributed by atoms with Crippen LogP contribution in [0.15, 0.2) is 28.2 Å². The van der Waals surface area contributed by atoms with Crippen molar-refractivity contribution < 1.29 is 4.52 Å². The van der Waals surface area contributed by atoms with E-state index in [0.29, 0.717) is 11.7 Å². The van der Waals surface area contributed by atoms with Crippen molar-refractivity contribution in [1.82, 2.24) is 20.1 Å². The normalized spacial score (nSPS) is 11.7. The summed E-state index contributed by atoms with van der Waals surface area (Å²) in [5.41, 5.74) is 2.01. The lowest BCUT2D eigenvalue weighted by molar-refractivity contribution is 0.425. The smallest absolute Gasteiger partial charge is 0.261 e. The third kappa shape index (κ3) is 3.79. The second-order valence-electron chi connectivity index (χ2n) is 6.62. The fourth-order valence-electron chi connectivity index (χ4n) is 2.20. The van der Waals surface area contributed by atoms with Crippen LogP contribution in [-0.4, -0.2) is 26.7 Å². The number of aromatic nitrogens is 4. The van der Waals surface area contributed by atoms with E-state index in [0.717, 1.165) is 35.0 Å². The van der Waals surface area contributed by atoms with E-state index < -0.39 is 0 Å². The highest BCUT2D eigenvalue weighted by atomic mass is 32.1. The van der Waals surface area contributed by atoms with Gasteiger partial charge in [-0.25, -0.2) is 9.97 Å². The van der Waals surface area contributed by atoms with E-state index in [9.17, 15) is 0 Å². The fraction of sp³-hybridized carbons (Fsp3) is 0.412. The maximum absolute atomic E-state index is 5.24. The standard InChI is InChI=1S/C17H21N5OS/c1-11-20-15(23-22-11)13-6-5-8-18-14(13)19-9-7-12-10-24-16(21-12)17(2,3)4/h5-6,8,10H,7,9H2,1-4H3,(H,18,19). The number of aryl methyl sites for hydroxylation is 1. The Kier molecular flexibility index (Phi) is 4.62. The molecule has 0 spiro atoms. The number of hydrogen-bond donors (Lipinski definition) is 1. The lowest BCUT2D eigenvalue weighted by Crippen LogP contribution is -2.11. The first-order valence-electron chi connectivity index (χ1n) is 7.88. The van der Waals surface area contributed by atoms with Crippen molar-refractivity contribution in [2.75, 3.05) is 11.9 Å². The van der Waals surface area contributed by atoms with Gasteiger partial charge in [0.2, 0.25) is 0 Å². The van der Waals surface area contributed by atoms with Crippen LogP contribution >= 0.6 is 11.3 Å². The summed E-state index contributed by atoms with van der Waals surface area (Å²) < 4.78 is 5.24. The first kappa shape index (κ1) is 16.6. The Morgan fingerprint density at radius 1 is 1.25 bits per heavy atom. The van der Waals surface area contributed by atoms with E-state index >= 15 is 0 Å². The molecule has 0 aliphatic carbocycles. The first-order chi connectivity index (χ1) is 11.4. The van der Waals surface area contributed by atoms with Crippen LogP contribution in [0.4, 0.5) is 5.82 Å². The van der Waals surface area contributed by atoms with Gasteiger partial charge in [0.05, 0.1) is 16.3 Å². The molecule has 0 fully saturated rings. The average Bonchev–Trinajstić information content (AvgIpc) is 3.16. The number of anilines is 1. The number of rotatable bonds is 5. The van der Waals surface area contributed by atoms with Gasteiger partial charge in [-0.3, -0.25) is 0 Å². The lowest BCUT2D eigenvalue weighted by atomic mass is 9.98. The average molecular weight is 343 g/mol. The van der Waals surface area contributed by atoms with Crippen molar-refractivity contribution in [3.63, 3.8) is 0 Å². The Labute approximate surface area is 145 Å². The van der Waals surface area contributed by atoms with Gasteiger partial charge in [0.1, 0.15) is 5.82 Å². The molecule has 6 nitrogen and oxygen atoms in total. The Morgan fingerprint density at radius 3 is 2.75 bits per heavy atom. The summed E-state index contributed by atoms with van der Waals surface area (Å²) in [6, 6.07) is 3.78. The van der Waals surface area contributed by atoms with Gasteiger partial charge >= 0.3 is 0 Å². The van der Waals surface area contributed by atoms with Gasteiger partial charge < -0.3 is 9.84 Å². The molecule has 3 rings (SSSR count). The van der Waals surface area contributed by atoms with E-state index in [2.05, 4.69) is 46.6 Å². The molecule has 0 unspecified atom stereocenters. The maximum Gasteiger partial charge on any atom is 0.261 e. The molecular weight excluding hydrogens is 322 g/mol. The summed E-state index contributed by atoms with van der Waals surface area (Å²) in [5, 5.41) is 10.5. The zero-order chi connectivity index (χ0) is 17.2. The third-order valence-corrected chi connectivity index (χ3v) is 4.75. The van der Waals surface area contributed by atoms with Crippen molar-refractivity contribution in [3.8, 4) is 11.5 Å². The summed E-state index contributed by atoms with van der Waals surface area (Å²) in [4.78, 5) is 13.4. The molecule has 0 bridgehead atoms. The summed E-state index contributed by atoms with van der Waals surface area (Å²) >= 11 is 1.72.